The number of carbonyl (C=O) groups is 1. The van der Waals surface area contributed by atoms with E-state index in [0.717, 1.165) is 29.1 Å². The average molecular weight is 407 g/mol. The van der Waals surface area contributed by atoms with Gasteiger partial charge in [0.15, 0.2) is 5.82 Å². The summed E-state index contributed by atoms with van der Waals surface area (Å²) < 4.78 is 10.8. The molecule has 1 aliphatic carbocycles. The first-order valence-electron chi connectivity index (χ1n) is 9.14. The van der Waals surface area contributed by atoms with Crippen molar-refractivity contribution in [1.29, 1.82) is 0 Å². The fourth-order valence-corrected chi connectivity index (χ4v) is 3.80. The van der Waals surface area contributed by atoms with E-state index in [1.54, 1.807) is 13.2 Å². The minimum absolute atomic E-state index is 0.305. The number of nitrogens with one attached hydrogen (secondary N) is 2. The van der Waals surface area contributed by atoms with Crippen LogP contribution in [0.4, 0.5) is 5.69 Å². The minimum atomic E-state index is -0.305. The van der Waals surface area contributed by atoms with Gasteiger partial charge in [0, 0.05) is 11.5 Å². The number of aromatic nitrogens is 4. The number of aromatic amines is 1. The van der Waals surface area contributed by atoms with E-state index in [0.29, 0.717) is 34.6 Å². The molecule has 1 aromatic carbocycles. The van der Waals surface area contributed by atoms with Crippen molar-refractivity contribution in [2.75, 3.05) is 12.4 Å². The maximum atomic E-state index is 12.7. The standard InChI is InChI=1S/C20H17N5O3S/c1-27-16-5-3-2-4-12(16)14-10-15(24-23-14)19(26)21-13-8-9-29-17(13)20-22-18(25-28-20)11-6-7-11/h2-5,8-11H,6-7H2,1H3,(H,21,26)(H,23,24). The van der Waals surface area contributed by atoms with Crippen LogP contribution >= 0.6 is 11.3 Å². The molecular weight excluding hydrogens is 390 g/mol. The molecule has 146 valence electrons. The molecule has 8 nitrogen and oxygen atoms in total. The van der Waals surface area contributed by atoms with Gasteiger partial charge in [-0.2, -0.15) is 10.1 Å². The highest BCUT2D eigenvalue weighted by Crippen LogP contribution is 2.40. The van der Waals surface area contributed by atoms with E-state index in [1.165, 1.54) is 11.3 Å². The smallest absolute Gasteiger partial charge is 0.273 e. The fourth-order valence-electron chi connectivity index (χ4n) is 3.03. The molecule has 5 rings (SSSR count). The van der Waals surface area contributed by atoms with Gasteiger partial charge in [0.2, 0.25) is 0 Å². The van der Waals surface area contributed by atoms with Crippen LogP contribution in [-0.2, 0) is 0 Å². The highest BCUT2D eigenvalue weighted by atomic mass is 32.1. The second-order valence-electron chi connectivity index (χ2n) is 6.72. The number of thiophene rings is 1. The number of benzene rings is 1. The van der Waals surface area contributed by atoms with E-state index in [4.69, 9.17) is 9.26 Å². The molecule has 1 saturated carbocycles. The average Bonchev–Trinajstić information content (AvgIpc) is 3.15. The molecule has 0 spiro atoms. The Morgan fingerprint density at radius 3 is 3.00 bits per heavy atom. The zero-order chi connectivity index (χ0) is 19.8. The third-order valence-corrected chi connectivity index (χ3v) is 5.60. The van der Waals surface area contributed by atoms with Gasteiger partial charge in [-0.15, -0.1) is 11.3 Å². The summed E-state index contributed by atoms with van der Waals surface area (Å²) in [6.07, 6.45) is 2.20. The number of ether oxygens (including phenoxy) is 1. The predicted octanol–water partition coefficient (Wildman–Crippen LogP) is 4.33. The second-order valence-corrected chi connectivity index (χ2v) is 7.63. The fraction of sp³-hybridized carbons (Fsp3) is 0.200. The van der Waals surface area contributed by atoms with Gasteiger partial charge in [-0.3, -0.25) is 9.89 Å². The molecule has 29 heavy (non-hydrogen) atoms. The van der Waals surface area contributed by atoms with Crippen LogP contribution in [0.5, 0.6) is 5.75 Å². The Kier molecular flexibility index (Phi) is 4.36. The van der Waals surface area contributed by atoms with Crippen LogP contribution < -0.4 is 10.1 Å². The number of hydrogen-bond donors (Lipinski definition) is 2. The lowest BCUT2D eigenvalue weighted by molar-refractivity contribution is 0.102. The molecule has 3 aromatic heterocycles. The third-order valence-electron chi connectivity index (χ3n) is 4.70. The summed E-state index contributed by atoms with van der Waals surface area (Å²) in [5.41, 5.74) is 2.40. The quantitative estimate of drug-likeness (QED) is 0.493. The molecule has 1 fully saturated rings. The number of anilines is 1. The van der Waals surface area contributed by atoms with Crippen molar-refractivity contribution in [3.8, 4) is 27.8 Å². The summed E-state index contributed by atoms with van der Waals surface area (Å²) in [7, 11) is 1.60. The summed E-state index contributed by atoms with van der Waals surface area (Å²) in [5, 5.41) is 15.9. The van der Waals surface area contributed by atoms with Crippen molar-refractivity contribution in [3.63, 3.8) is 0 Å². The van der Waals surface area contributed by atoms with Crippen LogP contribution in [0.1, 0.15) is 35.1 Å². The molecule has 9 heteroatoms. The zero-order valence-electron chi connectivity index (χ0n) is 15.5. The van der Waals surface area contributed by atoms with Crippen molar-refractivity contribution in [2.45, 2.75) is 18.8 Å². The lowest BCUT2D eigenvalue weighted by atomic mass is 10.1. The van der Waals surface area contributed by atoms with Crippen molar-refractivity contribution in [3.05, 3.63) is 53.3 Å². The molecule has 2 N–H and O–H groups in total. The molecular formula is C20H17N5O3S. The number of para-hydroxylation sites is 1. The number of H-pyrrole nitrogens is 1. The Hall–Kier alpha value is -3.46. The Morgan fingerprint density at radius 1 is 1.31 bits per heavy atom. The summed E-state index contributed by atoms with van der Waals surface area (Å²) in [5.74, 6) is 1.95. The van der Waals surface area contributed by atoms with Crippen LogP contribution in [0, 0.1) is 0 Å². The normalized spacial score (nSPS) is 13.4. The lowest BCUT2D eigenvalue weighted by Gasteiger charge is -2.04. The number of rotatable bonds is 6. The van der Waals surface area contributed by atoms with Gasteiger partial charge in [-0.25, -0.2) is 0 Å². The van der Waals surface area contributed by atoms with Gasteiger partial charge >= 0.3 is 0 Å². The largest absolute Gasteiger partial charge is 0.496 e. The van der Waals surface area contributed by atoms with Crippen LogP contribution in [-0.4, -0.2) is 33.4 Å². The molecule has 0 saturated heterocycles. The van der Waals surface area contributed by atoms with Crippen molar-refractivity contribution in [1.82, 2.24) is 20.3 Å². The number of methoxy groups -OCH3 is 1. The predicted molar refractivity (Wildman–Crippen MR) is 108 cm³/mol. The monoisotopic (exact) mass is 407 g/mol. The number of amides is 1. The first-order valence-corrected chi connectivity index (χ1v) is 10.0. The van der Waals surface area contributed by atoms with Crippen molar-refractivity contribution < 1.29 is 14.1 Å². The topological polar surface area (TPSA) is 106 Å². The summed E-state index contributed by atoms with van der Waals surface area (Å²) in [6, 6.07) is 11.0. The van der Waals surface area contributed by atoms with Crippen molar-refractivity contribution >= 4 is 22.9 Å². The van der Waals surface area contributed by atoms with E-state index in [-0.39, 0.29) is 5.91 Å². The van der Waals surface area contributed by atoms with Gasteiger partial charge in [0.25, 0.3) is 11.8 Å². The molecule has 1 amide bonds. The lowest BCUT2D eigenvalue weighted by Crippen LogP contribution is -2.12. The van der Waals surface area contributed by atoms with E-state index in [1.807, 2.05) is 35.7 Å². The van der Waals surface area contributed by atoms with E-state index in [9.17, 15) is 4.79 Å². The van der Waals surface area contributed by atoms with Gasteiger partial charge in [-0.05, 0) is 42.5 Å². The first kappa shape index (κ1) is 17.6. The maximum absolute atomic E-state index is 12.7. The molecule has 0 unspecified atom stereocenters. The minimum Gasteiger partial charge on any atom is -0.496 e. The van der Waals surface area contributed by atoms with Gasteiger partial charge < -0.3 is 14.6 Å². The number of nitrogens with zero attached hydrogens (tertiary/aromatic N) is 3. The van der Waals surface area contributed by atoms with Crippen molar-refractivity contribution in [2.24, 2.45) is 0 Å². The summed E-state index contributed by atoms with van der Waals surface area (Å²) in [4.78, 5) is 17.9. The first-order chi connectivity index (χ1) is 14.2. The maximum Gasteiger partial charge on any atom is 0.273 e. The molecule has 0 radical (unpaired) electrons. The van der Waals surface area contributed by atoms with Gasteiger partial charge in [0.05, 0.1) is 18.5 Å². The molecule has 0 aliphatic heterocycles. The highest BCUT2D eigenvalue weighted by molar-refractivity contribution is 7.14. The molecule has 1 aliphatic rings. The van der Waals surface area contributed by atoms with Crippen LogP contribution in [0.25, 0.3) is 22.0 Å². The van der Waals surface area contributed by atoms with Crippen LogP contribution in [0.2, 0.25) is 0 Å². The van der Waals surface area contributed by atoms with E-state index < -0.39 is 0 Å². The SMILES string of the molecule is COc1ccccc1-c1cc(C(=O)Nc2ccsc2-c2nc(C3CC3)no2)[nH]n1. The highest BCUT2D eigenvalue weighted by Gasteiger charge is 2.29. The Labute approximate surface area is 169 Å². The molecule has 0 atom stereocenters. The van der Waals surface area contributed by atoms with E-state index >= 15 is 0 Å². The van der Waals surface area contributed by atoms with Gasteiger partial charge in [-0.1, -0.05) is 17.3 Å². The Bertz CT molecular complexity index is 1170. The van der Waals surface area contributed by atoms with Crippen LogP contribution in [0.3, 0.4) is 0 Å². The third kappa shape index (κ3) is 3.40. The zero-order valence-corrected chi connectivity index (χ0v) is 16.3. The van der Waals surface area contributed by atoms with E-state index in [2.05, 4.69) is 25.7 Å². The summed E-state index contributed by atoms with van der Waals surface area (Å²) >= 11 is 1.44. The molecule has 0 bridgehead atoms. The number of hydrogen-bond acceptors (Lipinski definition) is 7. The second kappa shape index (κ2) is 7.17. The number of carbonyl (C=O) groups excluding carboxylic acids is 1. The molecule has 3 heterocycles. The summed E-state index contributed by atoms with van der Waals surface area (Å²) in [6.45, 7) is 0. The van der Waals surface area contributed by atoms with Crippen LogP contribution in [0.15, 0.2) is 46.3 Å². The van der Waals surface area contributed by atoms with Gasteiger partial charge in [0.1, 0.15) is 16.3 Å². The molecule has 4 aromatic rings. The Morgan fingerprint density at radius 2 is 2.17 bits per heavy atom. The Balaban J connectivity index is 1.36.